The zero-order chi connectivity index (χ0) is 22.5. The van der Waals surface area contributed by atoms with Gasteiger partial charge in [-0.1, -0.05) is 20.4 Å². The molecule has 0 unspecified atom stereocenters. The van der Waals surface area contributed by atoms with E-state index in [-0.39, 0.29) is 5.97 Å². The SMILES string of the molecule is C=C(C)C(=O)OCCCCOc1ccc(N=Nc2ccc(OCCC(C)C)cc2)cc1. The van der Waals surface area contributed by atoms with Crippen LogP contribution in [0.25, 0.3) is 0 Å². The zero-order valence-electron chi connectivity index (χ0n) is 18.7. The van der Waals surface area contributed by atoms with Crippen molar-refractivity contribution in [3.8, 4) is 11.5 Å². The van der Waals surface area contributed by atoms with Crippen molar-refractivity contribution in [3.63, 3.8) is 0 Å². The van der Waals surface area contributed by atoms with Gasteiger partial charge in [-0.05, 0) is 80.6 Å². The monoisotopic (exact) mass is 424 g/mol. The van der Waals surface area contributed by atoms with Gasteiger partial charge in [0.05, 0.1) is 31.2 Å². The van der Waals surface area contributed by atoms with Gasteiger partial charge in [0.25, 0.3) is 0 Å². The van der Waals surface area contributed by atoms with Crippen LogP contribution in [0.2, 0.25) is 0 Å². The second-order valence-electron chi connectivity index (χ2n) is 7.69. The third-order valence-electron chi connectivity index (χ3n) is 4.31. The lowest BCUT2D eigenvalue weighted by molar-refractivity contribution is -0.139. The molecule has 0 fully saturated rings. The molecule has 6 heteroatoms. The van der Waals surface area contributed by atoms with E-state index in [1.807, 2.05) is 48.5 Å². The van der Waals surface area contributed by atoms with E-state index in [1.54, 1.807) is 6.92 Å². The van der Waals surface area contributed by atoms with Crippen LogP contribution < -0.4 is 9.47 Å². The topological polar surface area (TPSA) is 69.5 Å². The molecule has 0 aliphatic heterocycles. The molecule has 0 aromatic heterocycles. The largest absolute Gasteiger partial charge is 0.494 e. The first-order valence-corrected chi connectivity index (χ1v) is 10.6. The predicted molar refractivity (Wildman–Crippen MR) is 123 cm³/mol. The third-order valence-corrected chi connectivity index (χ3v) is 4.31. The van der Waals surface area contributed by atoms with Crippen LogP contribution in [0, 0.1) is 5.92 Å². The molecule has 0 saturated heterocycles. The maximum absolute atomic E-state index is 11.3. The molecule has 166 valence electrons. The number of carbonyl (C=O) groups excluding carboxylic acids is 1. The van der Waals surface area contributed by atoms with Crippen LogP contribution in [0.4, 0.5) is 11.4 Å². The van der Waals surface area contributed by atoms with Crippen molar-refractivity contribution in [2.75, 3.05) is 19.8 Å². The highest BCUT2D eigenvalue weighted by molar-refractivity contribution is 5.86. The van der Waals surface area contributed by atoms with Gasteiger partial charge in [-0.25, -0.2) is 4.79 Å². The number of hydrogen-bond donors (Lipinski definition) is 0. The number of nitrogens with zero attached hydrogens (tertiary/aromatic N) is 2. The van der Waals surface area contributed by atoms with Gasteiger partial charge < -0.3 is 14.2 Å². The Morgan fingerprint density at radius 2 is 1.32 bits per heavy atom. The summed E-state index contributed by atoms with van der Waals surface area (Å²) in [6.07, 6.45) is 2.57. The normalized spacial score (nSPS) is 11.0. The van der Waals surface area contributed by atoms with Crippen molar-refractivity contribution in [2.45, 2.75) is 40.0 Å². The summed E-state index contributed by atoms with van der Waals surface area (Å²) in [5.74, 6) is 1.88. The molecule has 0 bridgehead atoms. The highest BCUT2D eigenvalue weighted by Crippen LogP contribution is 2.23. The summed E-state index contributed by atoms with van der Waals surface area (Å²) >= 11 is 0. The standard InChI is InChI=1S/C25H32N2O4/c1-19(2)15-18-30-24-13-9-22(10-14-24)27-26-21-7-11-23(12-8-21)29-16-5-6-17-31-25(28)20(3)4/h7-14,19H,3,5-6,15-18H2,1-2,4H3. The molecule has 0 N–H and O–H groups in total. The highest BCUT2D eigenvalue weighted by atomic mass is 16.5. The third kappa shape index (κ3) is 9.94. The molecule has 0 heterocycles. The fourth-order valence-corrected chi connectivity index (χ4v) is 2.43. The summed E-state index contributed by atoms with van der Waals surface area (Å²) in [6.45, 7) is 11.2. The number of azo groups is 1. The van der Waals surface area contributed by atoms with Gasteiger partial charge in [0.2, 0.25) is 0 Å². The van der Waals surface area contributed by atoms with Gasteiger partial charge in [-0.15, -0.1) is 0 Å². The molecule has 0 aliphatic rings. The van der Waals surface area contributed by atoms with Crippen molar-refractivity contribution in [2.24, 2.45) is 16.1 Å². The second-order valence-corrected chi connectivity index (χ2v) is 7.69. The Labute approximate surface area is 184 Å². The van der Waals surface area contributed by atoms with Gasteiger partial charge in [0.15, 0.2) is 0 Å². The fourth-order valence-electron chi connectivity index (χ4n) is 2.43. The molecule has 0 radical (unpaired) electrons. The predicted octanol–water partition coefficient (Wildman–Crippen LogP) is 6.81. The number of ether oxygens (including phenoxy) is 3. The van der Waals surface area contributed by atoms with E-state index in [0.717, 1.165) is 48.7 Å². The lowest BCUT2D eigenvalue weighted by Gasteiger charge is -2.07. The van der Waals surface area contributed by atoms with Gasteiger partial charge >= 0.3 is 5.97 Å². The van der Waals surface area contributed by atoms with Gasteiger partial charge in [-0.3, -0.25) is 0 Å². The summed E-state index contributed by atoms with van der Waals surface area (Å²) in [5.41, 5.74) is 1.93. The highest BCUT2D eigenvalue weighted by Gasteiger charge is 2.02. The zero-order valence-corrected chi connectivity index (χ0v) is 18.7. The Balaban J connectivity index is 1.70. The number of unbranched alkanes of at least 4 members (excludes halogenated alkanes) is 1. The summed E-state index contributed by atoms with van der Waals surface area (Å²) < 4.78 is 16.4. The van der Waals surface area contributed by atoms with E-state index in [2.05, 4.69) is 30.7 Å². The Kier molecular flexibility index (Phi) is 10.3. The molecule has 2 aromatic rings. The number of rotatable bonds is 13. The molecule has 31 heavy (non-hydrogen) atoms. The van der Waals surface area contributed by atoms with Crippen molar-refractivity contribution >= 4 is 17.3 Å². The van der Waals surface area contributed by atoms with Crippen LogP contribution >= 0.6 is 0 Å². The van der Waals surface area contributed by atoms with Crippen LogP contribution in [0.15, 0.2) is 70.9 Å². The fraction of sp³-hybridized carbons (Fsp3) is 0.400. The Bertz CT molecular complexity index is 843. The average molecular weight is 425 g/mol. The summed E-state index contributed by atoms with van der Waals surface area (Å²) in [4.78, 5) is 11.3. The first kappa shape index (κ1) is 24.1. The first-order valence-electron chi connectivity index (χ1n) is 10.6. The summed E-state index contributed by atoms with van der Waals surface area (Å²) in [5, 5.41) is 8.52. The molecule has 0 saturated carbocycles. The maximum atomic E-state index is 11.3. The van der Waals surface area contributed by atoms with Crippen LogP contribution in [-0.4, -0.2) is 25.8 Å². The lowest BCUT2D eigenvalue weighted by Crippen LogP contribution is -2.07. The molecule has 0 aliphatic carbocycles. The van der Waals surface area contributed by atoms with E-state index in [4.69, 9.17) is 14.2 Å². The maximum Gasteiger partial charge on any atom is 0.333 e. The lowest BCUT2D eigenvalue weighted by atomic mass is 10.1. The number of esters is 1. The molecule has 0 atom stereocenters. The molecule has 6 nitrogen and oxygen atoms in total. The molecule has 0 amide bonds. The Morgan fingerprint density at radius 3 is 1.81 bits per heavy atom. The Hall–Kier alpha value is -3.15. The first-order chi connectivity index (χ1) is 14.9. The molecule has 0 spiro atoms. The molecule has 2 aromatic carbocycles. The van der Waals surface area contributed by atoms with Crippen molar-refractivity contribution in [1.82, 2.24) is 0 Å². The smallest absolute Gasteiger partial charge is 0.333 e. The van der Waals surface area contributed by atoms with Crippen LogP contribution in [-0.2, 0) is 9.53 Å². The van der Waals surface area contributed by atoms with Gasteiger partial charge in [-0.2, -0.15) is 10.2 Å². The van der Waals surface area contributed by atoms with Crippen LogP contribution in [0.1, 0.15) is 40.0 Å². The van der Waals surface area contributed by atoms with E-state index >= 15 is 0 Å². The minimum atomic E-state index is -0.350. The van der Waals surface area contributed by atoms with E-state index in [0.29, 0.717) is 24.7 Å². The minimum Gasteiger partial charge on any atom is -0.494 e. The van der Waals surface area contributed by atoms with Crippen molar-refractivity contribution < 1.29 is 19.0 Å². The van der Waals surface area contributed by atoms with Gasteiger partial charge in [0, 0.05) is 5.57 Å². The van der Waals surface area contributed by atoms with Crippen molar-refractivity contribution in [3.05, 3.63) is 60.7 Å². The number of hydrogen-bond acceptors (Lipinski definition) is 6. The molecule has 2 rings (SSSR count). The summed E-state index contributed by atoms with van der Waals surface area (Å²) in [6, 6.07) is 15.0. The second kappa shape index (κ2) is 13.2. The quantitative estimate of drug-likeness (QED) is 0.153. The van der Waals surface area contributed by atoms with Crippen LogP contribution in [0.5, 0.6) is 11.5 Å². The molecular formula is C25H32N2O4. The van der Waals surface area contributed by atoms with E-state index < -0.39 is 0 Å². The minimum absolute atomic E-state index is 0.350. The Morgan fingerprint density at radius 1 is 0.839 bits per heavy atom. The number of benzene rings is 2. The van der Waals surface area contributed by atoms with Crippen LogP contribution in [0.3, 0.4) is 0 Å². The van der Waals surface area contributed by atoms with E-state index in [9.17, 15) is 4.79 Å². The summed E-state index contributed by atoms with van der Waals surface area (Å²) in [7, 11) is 0. The average Bonchev–Trinajstić information content (AvgIpc) is 2.76. The van der Waals surface area contributed by atoms with Gasteiger partial charge in [0.1, 0.15) is 11.5 Å². The molecular weight excluding hydrogens is 392 g/mol. The van der Waals surface area contributed by atoms with Crippen molar-refractivity contribution in [1.29, 1.82) is 0 Å². The van der Waals surface area contributed by atoms with E-state index in [1.165, 1.54) is 0 Å². The number of carbonyl (C=O) groups is 1.